The van der Waals surface area contributed by atoms with Crippen LogP contribution in [0.4, 0.5) is 17.1 Å². The molecule has 0 aliphatic rings. The Hall–Kier alpha value is -5.74. The van der Waals surface area contributed by atoms with Gasteiger partial charge >= 0.3 is 0 Å². The van der Waals surface area contributed by atoms with Crippen LogP contribution in [-0.2, 0) is 0 Å². The molecule has 0 atom stereocenters. The molecule has 2 aromatic heterocycles. The summed E-state index contributed by atoms with van der Waals surface area (Å²) >= 11 is 3.77. The van der Waals surface area contributed by atoms with Gasteiger partial charge in [-0.3, -0.25) is 0 Å². The van der Waals surface area contributed by atoms with Crippen molar-refractivity contribution >= 4 is 90.9 Å². The second-order valence-electron chi connectivity index (χ2n) is 12.5. The van der Waals surface area contributed by atoms with Crippen LogP contribution in [0.5, 0.6) is 0 Å². The molecule has 10 aromatic rings. The average molecular weight is 660 g/mol. The van der Waals surface area contributed by atoms with E-state index in [-0.39, 0.29) is 0 Å². The molecule has 0 aliphatic heterocycles. The van der Waals surface area contributed by atoms with Gasteiger partial charge in [0, 0.05) is 47.0 Å². The van der Waals surface area contributed by atoms with Gasteiger partial charge in [0.15, 0.2) is 0 Å². The monoisotopic (exact) mass is 659 g/mol. The summed E-state index contributed by atoms with van der Waals surface area (Å²) in [6.07, 6.45) is 0. The normalized spacial score (nSPS) is 11.7. The molecule has 1 nitrogen and oxygen atoms in total. The summed E-state index contributed by atoms with van der Waals surface area (Å²) in [6, 6.07) is 64.3. The lowest BCUT2D eigenvalue weighted by Gasteiger charge is -2.26. The molecular weight excluding hydrogens is 631 g/mol. The summed E-state index contributed by atoms with van der Waals surface area (Å²) in [7, 11) is 0. The molecule has 230 valence electrons. The Morgan fingerprint density at radius 3 is 1.78 bits per heavy atom. The van der Waals surface area contributed by atoms with Crippen LogP contribution in [0.15, 0.2) is 176 Å². The fraction of sp³-hybridized carbons (Fsp3) is 0. The van der Waals surface area contributed by atoms with Gasteiger partial charge in [0.05, 0.1) is 10.4 Å². The zero-order valence-corrected chi connectivity index (χ0v) is 28.1. The van der Waals surface area contributed by atoms with Crippen molar-refractivity contribution in [3.8, 4) is 22.3 Å². The molecule has 0 aliphatic carbocycles. The SMILES string of the molecule is c1ccc(-c2ccc(N(c3ccc(-c4cccc5sc6c7ccccc7ccc6c45)cc3)c3cccc4c3sc3ccccc34)cc2)cc1. The van der Waals surface area contributed by atoms with E-state index in [0.29, 0.717) is 0 Å². The second-order valence-corrected chi connectivity index (χ2v) is 14.6. The lowest BCUT2D eigenvalue weighted by molar-refractivity contribution is 1.30. The number of anilines is 3. The third kappa shape index (κ3) is 4.66. The first kappa shape index (κ1) is 28.3. The molecule has 3 heteroatoms. The maximum absolute atomic E-state index is 2.42. The van der Waals surface area contributed by atoms with E-state index in [1.54, 1.807) is 0 Å². The molecule has 0 spiro atoms. The van der Waals surface area contributed by atoms with Gasteiger partial charge in [-0.25, -0.2) is 0 Å². The number of hydrogen-bond acceptors (Lipinski definition) is 3. The average Bonchev–Trinajstić information content (AvgIpc) is 3.75. The molecule has 0 amide bonds. The highest BCUT2D eigenvalue weighted by atomic mass is 32.1. The molecule has 0 unspecified atom stereocenters. The fourth-order valence-corrected chi connectivity index (χ4v) is 9.82. The van der Waals surface area contributed by atoms with E-state index in [1.807, 2.05) is 22.7 Å². The fourth-order valence-electron chi connectivity index (χ4n) is 7.35. The summed E-state index contributed by atoms with van der Waals surface area (Å²) in [5, 5.41) is 7.89. The van der Waals surface area contributed by atoms with E-state index in [0.717, 1.165) is 11.4 Å². The van der Waals surface area contributed by atoms with E-state index in [2.05, 4.69) is 181 Å². The Balaban J connectivity index is 1.13. The minimum Gasteiger partial charge on any atom is -0.309 e. The highest BCUT2D eigenvalue weighted by Crippen LogP contribution is 2.46. The maximum Gasteiger partial charge on any atom is 0.0640 e. The van der Waals surface area contributed by atoms with Crippen molar-refractivity contribution < 1.29 is 0 Å². The van der Waals surface area contributed by atoms with E-state index in [9.17, 15) is 0 Å². The molecule has 10 rings (SSSR count). The zero-order chi connectivity index (χ0) is 32.3. The third-order valence-corrected chi connectivity index (χ3v) is 12.1. The second kappa shape index (κ2) is 11.5. The van der Waals surface area contributed by atoms with Crippen molar-refractivity contribution in [2.45, 2.75) is 0 Å². The smallest absolute Gasteiger partial charge is 0.0640 e. The number of fused-ring (bicyclic) bond motifs is 8. The van der Waals surface area contributed by atoms with Gasteiger partial charge in [0.2, 0.25) is 0 Å². The minimum absolute atomic E-state index is 1.13. The third-order valence-electron chi connectivity index (χ3n) is 9.68. The molecule has 0 N–H and O–H groups in total. The molecule has 0 saturated heterocycles. The van der Waals surface area contributed by atoms with Gasteiger partial charge in [-0.15, -0.1) is 22.7 Å². The van der Waals surface area contributed by atoms with Gasteiger partial charge in [-0.2, -0.15) is 0 Å². The quantitative estimate of drug-likeness (QED) is 0.178. The number of thiophene rings is 2. The van der Waals surface area contributed by atoms with Crippen LogP contribution in [0, 0.1) is 0 Å². The minimum atomic E-state index is 1.13. The first-order valence-electron chi connectivity index (χ1n) is 16.6. The van der Waals surface area contributed by atoms with Crippen LogP contribution in [-0.4, -0.2) is 0 Å². The summed E-state index contributed by atoms with van der Waals surface area (Å²) in [6.45, 7) is 0. The van der Waals surface area contributed by atoms with Crippen LogP contribution in [0.25, 0.3) is 73.4 Å². The summed E-state index contributed by atoms with van der Waals surface area (Å²) in [4.78, 5) is 2.42. The van der Waals surface area contributed by atoms with E-state index in [1.165, 1.54) is 79.1 Å². The number of nitrogens with zero attached hydrogens (tertiary/aromatic N) is 1. The number of hydrogen-bond donors (Lipinski definition) is 0. The van der Waals surface area contributed by atoms with Crippen molar-refractivity contribution in [2.75, 3.05) is 4.90 Å². The molecule has 0 radical (unpaired) electrons. The Bertz CT molecular complexity index is 2810. The van der Waals surface area contributed by atoms with Gasteiger partial charge in [-0.05, 0) is 75.5 Å². The van der Waals surface area contributed by atoms with Crippen molar-refractivity contribution in [3.05, 3.63) is 176 Å². The number of benzene rings is 8. The lowest BCUT2D eigenvalue weighted by Crippen LogP contribution is -2.10. The lowest BCUT2D eigenvalue weighted by atomic mass is 9.98. The molecule has 0 bridgehead atoms. The summed E-state index contributed by atoms with van der Waals surface area (Å²) < 4.78 is 5.29. The molecule has 8 aromatic carbocycles. The Kier molecular flexibility index (Phi) is 6.61. The van der Waals surface area contributed by atoms with E-state index < -0.39 is 0 Å². The highest BCUT2D eigenvalue weighted by Gasteiger charge is 2.19. The van der Waals surface area contributed by atoms with Crippen LogP contribution >= 0.6 is 22.7 Å². The van der Waals surface area contributed by atoms with Gasteiger partial charge < -0.3 is 4.90 Å². The van der Waals surface area contributed by atoms with Crippen LogP contribution in [0.1, 0.15) is 0 Å². The molecule has 2 heterocycles. The van der Waals surface area contributed by atoms with Crippen molar-refractivity contribution in [3.63, 3.8) is 0 Å². The maximum atomic E-state index is 2.42. The summed E-state index contributed by atoms with van der Waals surface area (Å²) in [5.41, 5.74) is 8.39. The van der Waals surface area contributed by atoms with Gasteiger partial charge in [0.1, 0.15) is 0 Å². The van der Waals surface area contributed by atoms with E-state index in [4.69, 9.17) is 0 Å². The molecule has 0 saturated carbocycles. The van der Waals surface area contributed by atoms with Gasteiger partial charge in [-0.1, -0.05) is 133 Å². The summed E-state index contributed by atoms with van der Waals surface area (Å²) in [5.74, 6) is 0. The zero-order valence-electron chi connectivity index (χ0n) is 26.5. The predicted molar refractivity (Wildman–Crippen MR) is 215 cm³/mol. The van der Waals surface area contributed by atoms with Crippen LogP contribution in [0.2, 0.25) is 0 Å². The number of rotatable bonds is 5. The molecule has 0 fully saturated rings. The first-order chi connectivity index (χ1) is 24.3. The Morgan fingerprint density at radius 2 is 0.959 bits per heavy atom. The molecule has 49 heavy (non-hydrogen) atoms. The topological polar surface area (TPSA) is 3.24 Å². The Labute approximate surface area is 292 Å². The first-order valence-corrected chi connectivity index (χ1v) is 18.2. The van der Waals surface area contributed by atoms with E-state index >= 15 is 0 Å². The van der Waals surface area contributed by atoms with Gasteiger partial charge in [0.25, 0.3) is 0 Å². The van der Waals surface area contributed by atoms with Crippen molar-refractivity contribution in [2.24, 2.45) is 0 Å². The van der Waals surface area contributed by atoms with Crippen LogP contribution < -0.4 is 4.90 Å². The van der Waals surface area contributed by atoms with Crippen molar-refractivity contribution in [1.29, 1.82) is 0 Å². The Morgan fingerprint density at radius 1 is 0.347 bits per heavy atom. The van der Waals surface area contributed by atoms with Crippen LogP contribution in [0.3, 0.4) is 0 Å². The predicted octanol–water partition coefficient (Wildman–Crippen LogP) is 14.4. The van der Waals surface area contributed by atoms with Crippen molar-refractivity contribution in [1.82, 2.24) is 0 Å². The standard InChI is InChI=1S/C46H29NS2/c1-2-10-30(11-3-1)31-20-25-34(26-21-31)47(41-17-8-16-39-38-14-6-7-18-42(38)48-46(39)41)35-27-22-33(23-28-35)36-15-9-19-43-44(36)40-29-24-32-12-4-5-13-37(32)45(40)49-43/h1-29H. The highest BCUT2D eigenvalue weighted by molar-refractivity contribution is 7.27. The molecular formula is C46H29NS2. The largest absolute Gasteiger partial charge is 0.309 e.